The average Bonchev–Trinajstić information content (AvgIpc) is 3.18. The summed E-state index contributed by atoms with van der Waals surface area (Å²) in [5.41, 5.74) is 0. The Bertz CT molecular complexity index is 303. The van der Waals surface area contributed by atoms with E-state index in [1.54, 1.807) is 0 Å². The molecule has 1 saturated heterocycles. The van der Waals surface area contributed by atoms with Gasteiger partial charge in [-0.1, -0.05) is 13.8 Å². The predicted molar refractivity (Wildman–Crippen MR) is 76.0 cm³/mol. The molecule has 4 nitrogen and oxygen atoms in total. The van der Waals surface area contributed by atoms with Crippen LogP contribution in [0, 0.1) is 5.92 Å². The molecule has 1 atom stereocenters. The lowest BCUT2D eigenvalue weighted by Crippen LogP contribution is -2.48. The van der Waals surface area contributed by atoms with Gasteiger partial charge in [-0.05, 0) is 38.6 Å². The van der Waals surface area contributed by atoms with Gasteiger partial charge < -0.3 is 9.64 Å². The number of rotatable bonds is 6. The van der Waals surface area contributed by atoms with Crippen LogP contribution in [0.25, 0.3) is 0 Å². The zero-order chi connectivity index (χ0) is 13.8. The van der Waals surface area contributed by atoms with E-state index in [0.29, 0.717) is 25.1 Å². The van der Waals surface area contributed by atoms with Crippen LogP contribution in [-0.4, -0.2) is 60.6 Å². The molecule has 2 rings (SSSR count). The van der Waals surface area contributed by atoms with Crippen molar-refractivity contribution in [2.45, 2.75) is 52.2 Å². The van der Waals surface area contributed by atoms with Crippen LogP contribution in [0.2, 0.25) is 0 Å². The van der Waals surface area contributed by atoms with E-state index < -0.39 is 0 Å². The van der Waals surface area contributed by atoms with Crippen molar-refractivity contribution in [3.8, 4) is 0 Å². The molecule has 1 aliphatic carbocycles. The third-order valence-electron chi connectivity index (χ3n) is 3.99. The van der Waals surface area contributed by atoms with E-state index in [4.69, 9.17) is 4.74 Å². The number of carbonyl (C=O) groups excluding carboxylic acids is 1. The maximum absolute atomic E-state index is 12.4. The van der Waals surface area contributed by atoms with E-state index in [0.717, 1.165) is 19.6 Å². The summed E-state index contributed by atoms with van der Waals surface area (Å²) in [5.74, 6) is 0.991. The van der Waals surface area contributed by atoms with Crippen LogP contribution in [0.1, 0.15) is 40.0 Å². The van der Waals surface area contributed by atoms with Gasteiger partial charge in [-0.25, -0.2) is 0 Å². The van der Waals surface area contributed by atoms with E-state index in [-0.39, 0.29) is 12.0 Å². The van der Waals surface area contributed by atoms with Gasteiger partial charge in [0.2, 0.25) is 5.91 Å². The Morgan fingerprint density at radius 3 is 2.74 bits per heavy atom. The molecule has 0 aromatic heterocycles. The normalized spacial score (nSPS) is 24.3. The first kappa shape index (κ1) is 14.8. The molecule has 2 aliphatic rings. The van der Waals surface area contributed by atoms with Crippen molar-refractivity contribution in [2.75, 3.05) is 32.8 Å². The maximum Gasteiger partial charge on any atom is 0.236 e. The van der Waals surface area contributed by atoms with E-state index in [2.05, 4.69) is 18.7 Å². The molecule has 110 valence electrons. The van der Waals surface area contributed by atoms with E-state index in [1.807, 2.05) is 11.8 Å². The summed E-state index contributed by atoms with van der Waals surface area (Å²) < 4.78 is 5.49. The first-order chi connectivity index (χ1) is 9.06. The number of morpholine rings is 1. The molecule has 19 heavy (non-hydrogen) atoms. The average molecular weight is 268 g/mol. The van der Waals surface area contributed by atoms with Gasteiger partial charge in [-0.3, -0.25) is 9.69 Å². The second-order valence-corrected chi connectivity index (χ2v) is 6.41. The smallest absolute Gasteiger partial charge is 0.236 e. The van der Waals surface area contributed by atoms with Gasteiger partial charge in [0.1, 0.15) is 0 Å². The van der Waals surface area contributed by atoms with Gasteiger partial charge in [0.15, 0.2) is 0 Å². The molecule has 1 saturated carbocycles. The molecule has 1 unspecified atom stereocenters. The Morgan fingerprint density at radius 1 is 1.42 bits per heavy atom. The van der Waals surface area contributed by atoms with Crippen molar-refractivity contribution in [3.05, 3.63) is 0 Å². The number of hydrogen-bond donors (Lipinski definition) is 0. The molecule has 0 aromatic rings. The van der Waals surface area contributed by atoms with Crippen molar-refractivity contribution in [3.63, 3.8) is 0 Å². The third kappa shape index (κ3) is 4.77. The standard InChI is InChI=1S/C15H28N2O2/c1-12(2)6-7-16(14-4-5-14)11-15(18)17-8-9-19-13(3)10-17/h12-14H,4-11H2,1-3H3. The molecule has 0 aromatic carbocycles. The van der Waals surface area contributed by atoms with Crippen molar-refractivity contribution >= 4 is 5.91 Å². The van der Waals surface area contributed by atoms with Crippen molar-refractivity contribution < 1.29 is 9.53 Å². The predicted octanol–water partition coefficient (Wildman–Crippen LogP) is 1.74. The summed E-state index contributed by atoms with van der Waals surface area (Å²) in [6.07, 6.45) is 3.90. The minimum Gasteiger partial charge on any atom is -0.375 e. The topological polar surface area (TPSA) is 32.8 Å². The van der Waals surface area contributed by atoms with Crippen LogP contribution < -0.4 is 0 Å². The SMILES string of the molecule is CC(C)CCN(CC(=O)N1CCOC(C)C1)C1CC1. The largest absolute Gasteiger partial charge is 0.375 e. The third-order valence-corrected chi connectivity index (χ3v) is 3.99. The van der Waals surface area contributed by atoms with Gasteiger partial charge >= 0.3 is 0 Å². The molecule has 0 radical (unpaired) electrons. The van der Waals surface area contributed by atoms with Crippen LogP contribution >= 0.6 is 0 Å². The summed E-state index contributed by atoms with van der Waals surface area (Å²) in [6, 6.07) is 0.668. The maximum atomic E-state index is 12.4. The number of amides is 1. The summed E-state index contributed by atoms with van der Waals surface area (Å²) in [4.78, 5) is 16.7. The Morgan fingerprint density at radius 2 is 2.16 bits per heavy atom. The molecule has 1 heterocycles. The molecule has 1 amide bonds. The van der Waals surface area contributed by atoms with Crippen LogP contribution in [-0.2, 0) is 9.53 Å². The summed E-state index contributed by atoms with van der Waals surface area (Å²) >= 11 is 0. The van der Waals surface area contributed by atoms with Gasteiger partial charge in [-0.15, -0.1) is 0 Å². The van der Waals surface area contributed by atoms with Crippen LogP contribution in [0.5, 0.6) is 0 Å². The molecule has 1 aliphatic heterocycles. The molecule has 2 fully saturated rings. The molecule has 0 bridgehead atoms. The second-order valence-electron chi connectivity index (χ2n) is 6.41. The minimum absolute atomic E-state index is 0.183. The number of carbonyl (C=O) groups is 1. The van der Waals surface area contributed by atoms with Crippen molar-refractivity contribution in [1.82, 2.24) is 9.80 Å². The fourth-order valence-corrected chi connectivity index (χ4v) is 2.57. The highest BCUT2D eigenvalue weighted by Crippen LogP contribution is 2.27. The Balaban J connectivity index is 1.80. The van der Waals surface area contributed by atoms with Crippen LogP contribution in [0.3, 0.4) is 0 Å². The molecular formula is C15H28N2O2. The van der Waals surface area contributed by atoms with Crippen molar-refractivity contribution in [1.29, 1.82) is 0 Å². The number of hydrogen-bond acceptors (Lipinski definition) is 3. The van der Waals surface area contributed by atoms with Crippen LogP contribution in [0.15, 0.2) is 0 Å². The lowest BCUT2D eigenvalue weighted by atomic mass is 10.1. The van der Waals surface area contributed by atoms with Gasteiger partial charge in [0.05, 0.1) is 19.3 Å². The Hall–Kier alpha value is -0.610. The lowest BCUT2D eigenvalue weighted by Gasteiger charge is -2.33. The first-order valence-corrected chi connectivity index (χ1v) is 7.69. The zero-order valence-corrected chi connectivity index (χ0v) is 12.6. The fourth-order valence-electron chi connectivity index (χ4n) is 2.57. The minimum atomic E-state index is 0.183. The zero-order valence-electron chi connectivity index (χ0n) is 12.6. The van der Waals surface area contributed by atoms with Crippen LogP contribution in [0.4, 0.5) is 0 Å². The van der Waals surface area contributed by atoms with E-state index in [9.17, 15) is 4.79 Å². The number of nitrogens with zero attached hydrogens (tertiary/aromatic N) is 2. The van der Waals surface area contributed by atoms with Crippen molar-refractivity contribution in [2.24, 2.45) is 5.92 Å². The highest BCUT2D eigenvalue weighted by atomic mass is 16.5. The quantitative estimate of drug-likeness (QED) is 0.735. The molecule has 4 heteroatoms. The highest BCUT2D eigenvalue weighted by Gasteiger charge is 2.31. The monoisotopic (exact) mass is 268 g/mol. The van der Waals surface area contributed by atoms with E-state index in [1.165, 1.54) is 19.3 Å². The van der Waals surface area contributed by atoms with E-state index >= 15 is 0 Å². The Labute approximate surface area is 117 Å². The number of ether oxygens (including phenoxy) is 1. The fraction of sp³-hybridized carbons (Fsp3) is 0.933. The van der Waals surface area contributed by atoms with Gasteiger partial charge in [0, 0.05) is 19.1 Å². The Kier molecular flexibility index (Phi) is 5.22. The molecule has 0 spiro atoms. The summed E-state index contributed by atoms with van der Waals surface area (Å²) in [7, 11) is 0. The highest BCUT2D eigenvalue weighted by molar-refractivity contribution is 5.78. The second kappa shape index (κ2) is 6.71. The first-order valence-electron chi connectivity index (χ1n) is 7.69. The van der Waals surface area contributed by atoms with Gasteiger partial charge in [-0.2, -0.15) is 0 Å². The lowest BCUT2D eigenvalue weighted by molar-refractivity contribution is -0.139. The summed E-state index contributed by atoms with van der Waals surface area (Å²) in [6.45, 7) is 10.4. The molecular weight excluding hydrogens is 240 g/mol. The van der Waals surface area contributed by atoms with Gasteiger partial charge in [0.25, 0.3) is 0 Å². The summed E-state index contributed by atoms with van der Waals surface area (Å²) in [5, 5.41) is 0. The molecule has 0 N–H and O–H groups in total.